The van der Waals surface area contributed by atoms with E-state index in [1.54, 1.807) is 12.1 Å². The third-order valence-electron chi connectivity index (χ3n) is 3.37. The fourth-order valence-corrected chi connectivity index (χ4v) is 2.38. The molecular weight excluding hydrogens is 243 g/mol. The number of benzene rings is 1. The Bertz CT molecular complexity index is 447. The molecule has 1 atom stereocenters. The predicted octanol–water partition coefficient (Wildman–Crippen LogP) is 3.69. The lowest BCUT2D eigenvalue weighted by molar-refractivity contribution is 0.169. The van der Waals surface area contributed by atoms with Crippen LogP contribution in [0.15, 0.2) is 18.2 Å². The monoisotopic (exact) mass is 254 g/mol. The summed E-state index contributed by atoms with van der Waals surface area (Å²) < 4.78 is 0. The van der Waals surface area contributed by atoms with Crippen molar-refractivity contribution in [1.29, 1.82) is 5.26 Å². The lowest BCUT2D eigenvalue weighted by atomic mass is 9.64. The van der Waals surface area contributed by atoms with E-state index in [1.165, 1.54) is 0 Å². The van der Waals surface area contributed by atoms with Gasteiger partial charge in [0.1, 0.15) is 0 Å². The van der Waals surface area contributed by atoms with Gasteiger partial charge in [-0.15, -0.1) is 0 Å². The van der Waals surface area contributed by atoms with Crippen molar-refractivity contribution in [2.24, 2.45) is 11.1 Å². The highest BCUT2D eigenvalue weighted by Crippen LogP contribution is 2.48. The molecule has 0 amide bonds. The SMILES string of the molecule is N#CC1(C(N)c2ccc(Cl)c(Cl)c2)CCC1. The van der Waals surface area contributed by atoms with Crippen molar-refractivity contribution in [3.8, 4) is 6.07 Å². The van der Waals surface area contributed by atoms with E-state index in [1.807, 2.05) is 6.07 Å². The standard InChI is InChI=1S/C12H12Cl2N2/c13-9-3-2-8(6-10(9)14)11(16)12(7-15)4-1-5-12/h2-3,6,11H,1,4-5,16H2. The first-order valence-electron chi connectivity index (χ1n) is 5.21. The Morgan fingerprint density at radius 2 is 2.00 bits per heavy atom. The van der Waals surface area contributed by atoms with Crippen LogP contribution in [0.25, 0.3) is 0 Å². The van der Waals surface area contributed by atoms with Crippen LogP contribution < -0.4 is 5.73 Å². The summed E-state index contributed by atoms with van der Waals surface area (Å²) in [5, 5.41) is 10.2. The molecule has 2 N–H and O–H groups in total. The molecular formula is C12H12Cl2N2. The van der Waals surface area contributed by atoms with Crippen molar-refractivity contribution < 1.29 is 0 Å². The third-order valence-corrected chi connectivity index (χ3v) is 4.11. The van der Waals surface area contributed by atoms with Crippen molar-refractivity contribution in [2.45, 2.75) is 25.3 Å². The van der Waals surface area contributed by atoms with E-state index in [2.05, 4.69) is 6.07 Å². The number of nitriles is 1. The molecule has 0 heterocycles. The molecule has 4 heteroatoms. The van der Waals surface area contributed by atoms with E-state index in [0.29, 0.717) is 10.0 Å². The maximum Gasteiger partial charge on any atom is 0.0766 e. The molecule has 1 saturated carbocycles. The number of rotatable bonds is 2. The molecule has 0 bridgehead atoms. The van der Waals surface area contributed by atoms with E-state index in [0.717, 1.165) is 24.8 Å². The van der Waals surface area contributed by atoms with Gasteiger partial charge >= 0.3 is 0 Å². The minimum Gasteiger partial charge on any atom is -0.323 e. The maximum absolute atomic E-state index is 9.20. The second-order valence-electron chi connectivity index (χ2n) is 4.27. The molecule has 2 rings (SSSR count). The highest BCUT2D eigenvalue weighted by molar-refractivity contribution is 6.42. The normalized spacial score (nSPS) is 19.6. The number of nitrogens with zero attached hydrogens (tertiary/aromatic N) is 1. The van der Waals surface area contributed by atoms with Gasteiger partial charge in [0.25, 0.3) is 0 Å². The largest absolute Gasteiger partial charge is 0.323 e. The Kier molecular flexibility index (Phi) is 3.12. The average molecular weight is 255 g/mol. The molecule has 0 aromatic heterocycles. The van der Waals surface area contributed by atoms with Gasteiger partial charge < -0.3 is 5.73 Å². The fraction of sp³-hybridized carbons (Fsp3) is 0.417. The minimum absolute atomic E-state index is 0.277. The molecule has 1 aliphatic carbocycles. The van der Waals surface area contributed by atoms with Crippen LogP contribution in [-0.4, -0.2) is 0 Å². The third kappa shape index (κ3) is 1.80. The van der Waals surface area contributed by atoms with Crippen LogP contribution in [0, 0.1) is 16.7 Å². The highest BCUT2D eigenvalue weighted by Gasteiger charge is 2.43. The number of hydrogen-bond donors (Lipinski definition) is 1. The smallest absolute Gasteiger partial charge is 0.0766 e. The van der Waals surface area contributed by atoms with Gasteiger partial charge in [-0.2, -0.15) is 5.26 Å². The summed E-state index contributed by atoms with van der Waals surface area (Å²) in [6.45, 7) is 0. The van der Waals surface area contributed by atoms with Crippen LogP contribution in [0.5, 0.6) is 0 Å². The zero-order chi connectivity index (χ0) is 11.8. The fourth-order valence-electron chi connectivity index (χ4n) is 2.07. The van der Waals surface area contributed by atoms with E-state index in [-0.39, 0.29) is 6.04 Å². The van der Waals surface area contributed by atoms with Crippen molar-refractivity contribution >= 4 is 23.2 Å². The lowest BCUT2D eigenvalue weighted by Gasteiger charge is -2.40. The summed E-state index contributed by atoms with van der Waals surface area (Å²) >= 11 is 11.8. The van der Waals surface area contributed by atoms with Gasteiger partial charge in [-0.1, -0.05) is 35.7 Å². The van der Waals surface area contributed by atoms with Crippen molar-refractivity contribution in [3.05, 3.63) is 33.8 Å². The van der Waals surface area contributed by atoms with Gasteiger partial charge in [0, 0.05) is 6.04 Å². The Balaban J connectivity index is 2.31. The molecule has 1 fully saturated rings. The molecule has 1 aromatic carbocycles. The zero-order valence-corrected chi connectivity index (χ0v) is 10.2. The van der Waals surface area contributed by atoms with Crippen LogP contribution in [0.3, 0.4) is 0 Å². The highest BCUT2D eigenvalue weighted by atomic mass is 35.5. The summed E-state index contributed by atoms with van der Waals surface area (Å²) in [6.07, 6.45) is 2.80. The van der Waals surface area contributed by atoms with Crippen LogP contribution in [0.1, 0.15) is 30.9 Å². The Morgan fingerprint density at radius 3 is 2.44 bits per heavy atom. The second-order valence-corrected chi connectivity index (χ2v) is 5.09. The summed E-state index contributed by atoms with van der Waals surface area (Å²) in [4.78, 5) is 0. The quantitative estimate of drug-likeness (QED) is 0.876. The molecule has 1 unspecified atom stereocenters. The van der Waals surface area contributed by atoms with Gasteiger partial charge in [0.15, 0.2) is 0 Å². The first-order chi connectivity index (χ1) is 7.59. The number of halogens is 2. The molecule has 2 nitrogen and oxygen atoms in total. The average Bonchev–Trinajstić information content (AvgIpc) is 2.21. The summed E-state index contributed by atoms with van der Waals surface area (Å²) in [5.41, 5.74) is 6.62. The molecule has 84 valence electrons. The Morgan fingerprint density at radius 1 is 1.31 bits per heavy atom. The van der Waals surface area contributed by atoms with E-state index < -0.39 is 5.41 Å². The van der Waals surface area contributed by atoms with Crippen LogP contribution in [0.4, 0.5) is 0 Å². The Hall–Kier alpha value is -0.750. The van der Waals surface area contributed by atoms with Gasteiger partial charge in [-0.05, 0) is 30.5 Å². The summed E-state index contributed by atoms with van der Waals surface area (Å²) in [6, 6.07) is 7.39. The van der Waals surface area contributed by atoms with Crippen molar-refractivity contribution in [2.75, 3.05) is 0 Å². The maximum atomic E-state index is 9.20. The summed E-state index contributed by atoms with van der Waals surface area (Å²) in [5.74, 6) is 0. The van der Waals surface area contributed by atoms with Crippen molar-refractivity contribution in [3.63, 3.8) is 0 Å². The molecule has 0 spiro atoms. The number of nitrogens with two attached hydrogens (primary N) is 1. The molecule has 0 radical (unpaired) electrons. The van der Waals surface area contributed by atoms with Gasteiger partial charge in [0.2, 0.25) is 0 Å². The molecule has 0 aliphatic heterocycles. The van der Waals surface area contributed by atoms with E-state index >= 15 is 0 Å². The topological polar surface area (TPSA) is 49.8 Å². The minimum atomic E-state index is -0.406. The van der Waals surface area contributed by atoms with Gasteiger partial charge in [0.05, 0.1) is 21.5 Å². The second kappa shape index (κ2) is 4.25. The van der Waals surface area contributed by atoms with Crippen LogP contribution in [-0.2, 0) is 0 Å². The van der Waals surface area contributed by atoms with E-state index in [4.69, 9.17) is 28.9 Å². The Labute approximate surface area is 105 Å². The molecule has 0 saturated heterocycles. The van der Waals surface area contributed by atoms with E-state index in [9.17, 15) is 5.26 Å². The van der Waals surface area contributed by atoms with Gasteiger partial charge in [-0.25, -0.2) is 0 Å². The molecule has 1 aromatic rings. The number of hydrogen-bond acceptors (Lipinski definition) is 2. The zero-order valence-electron chi connectivity index (χ0n) is 8.71. The first-order valence-corrected chi connectivity index (χ1v) is 5.96. The lowest BCUT2D eigenvalue weighted by Crippen LogP contribution is -2.39. The predicted molar refractivity (Wildman–Crippen MR) is 65.3 cm³/mol. The van der Waals surface area contributed by atoms with Crippen LogP contribution >= 0.6 is 23.2 Å². The first kappa shape index (κ1) is 11.7. The van der Waals surface area contributed by atoms with Gasteiger partial charge in [-0.3, -0.25) is 0 Å². The van der Waals surface area contributed by atoms with Crippen molar-refractivity contribution in [1.82, 2.24) is 0 Å². The van der Waals surface area contributed by atoms with Crippen LogP contribution in [0.2, 0.25) is 10.0 Å². The molecule has 1 aliphatic rings. The summed E-state index contributed by atoms with van der Waals surface area (Å²) in [7, 11) is 0. The molecule has 16 heavy (non-hydrogen) atoms.